The molecule has 0 bridgehead atoms. The highest BCUT2D eigenvalue weighted by atomic mass is 35.5. The summed E-state index contributed by atoms with van der Waals surface area (Å²) in [5.41, 5.74) is 1.70. The van der Waals surface area contributed by atoms with Gasteiger partial charge in [0.25, 0.3) is 0 Å². The molecule has 0 unspecified atom stereocenters. The van der Waals surface area contributed by atoms with E-state index in [-0.39, 0.29) is 10.8 Å². The molecule has 2 aromatic rings. The van der Waals surface area contributed by atoms with Gasteiger partial charge in [-0.1, -0.05) is 23.2 Å². The number of rotatable bonds is 3. The molecule has 0 aliphatic rings. The van der Waals surface area contributed by atoms with Gasteiger partial charge in [-0.25, -0.2) is 0 Å². The van der Waals surface area contributed by atoms with Crippen LogP contribution in [0, 0.1) is 0 Å². The molecule has 2 N–H and O–H groups in total. The lowest BCUT2D eigenvalue weighted by Crippen LogP contribution is -1.98. The van der Waals surface area contributed by atoms with Crippen LogP contribution in [0.1, 0.15) is 5.56 Å². The van der Waals surface area contributed by atoms with Crippen LogP contribution in [0.15, 0.2) is 29.0 Å². The minimum absolute atomic E-state index is 0.0776. The van der Waals surface area contributed by atoms with E-state index in [9.17, 15) is 5.11 Å². The Kier molecular flexibility index (Phi) is 3.59. The summed E-state index contributed by atoms with van der Waals surface area (Å²) < 4.78 is 0. The molecule has 5 heteroatoms. The molecule has 84 valence electrons. The van der Waals surface area contributed by atoms with Crippen molar-refractivity contribution >= 4 is 40.2 Å². The molecule has 1 aromatic heterocycles. The van der Waals surface area contributed by atoms with Crippen molar-refractivity contribution in [2.24, 2.45) is 0 Å². The van der Waals surface area contributed by atoms with E-state index in [2.05, 4.69) is 5.32 Å². The highest BCUT2D eigenvalue weighted by molar-refractivity contribution is 7.08. The molecular weight excluding hydrogens is 265 g/mol. The smallest absolute Gasteiger partial charge is 0.139 e. The molecule has 0 fully saturated rings. The van der Waals surface area contributed by atoms with E-state index < -0.39 is 0 Å². The molecule has 0 aliphatic carbocycles. The van der Waals surface area contributed by atoms with Gasteiger partial charge in [-0.05, 0) is 23.6 Å². The van der Waals surface area contributed by atoms with Crippen molar-refractivity contribution in [1.82, 2.24) is 0 Å². The SMILES string of the molecule is Oc1c(Cl)cc(Cl)cc1CNc1ccsc1. The summed E-state index contributed by atoms with van der Waals surface area (Å²) in [5, 5.41) is 17.7. The number of phenolic OH excluding ortho intramolecular Hbond substituents is 1. The van der Waals surface area contributed by atoms with Crippen molar-refractivity contribution in [3.05, 3.63) is 44.6 Å². The third kappa shape index (κ3) is 2.61. The Bertz CT molecular complexity index is 485. The van der Waals surface area contributed by atoms with Crippen LogP contribution in [0.25, 0.3) is 0 Å². The predicted molar refractivity (Wildman–Crippen MR) is 69.8 cm³/mol. The fourth-order valence-electron chi connectivity index (χ4n) is 1.32. The maximum Gasteiger partial charge on any atom is 0.139 e. The first-order valence-electron chi connectivity index (χ1n) is 4.60. The lowest BCUT2D eigenvalue weighted by molar-refractivity contribution is 0.469. The number of benzene rings is 1. The maximum atomic E-state index is 9.72. The van der Waals surface area contributed by atoms with E-state index >= 15 is 0 Å². The fraction of sp³-hybridized carbons (Fsp3) is 0.0909. The van der Waals surface area contributed by atoms with Crippen molar-refractivity contribution in [1.29, 1.82) is 0 Å². The van der Waals surface area contributed by atoms with Crippen molar-refractivity contribution < 1.29 is 5.11 Å². The van der Waals surface area contributed by atoms with E-state index in [1.807, 2.05) is 16.8 Å². The first-order chi connectivity index (χ1) is 7.66. The minimum Gasteiger partial charge on any atom is -0.506 e. The Morgan fingerprint density at radius 1 is 1.31 bits per heavy atom. The Morgan fingerprint density at radius 3 is 2.81 bits per heavy atom. The summed E-state index contributed by atoms with van der Waals surface area (Å²) in [7, 11) is 0. The standard InChI is InChI=1S/C11H9Cl2NOS/c12-8-3-7(11(15)10(13)4-8)5-14-9-1-2-16-6-9/h1-4,6,14-15H,5H2. The second kappa shape index (κ2) is 4.95. The monoisotopic (exact) mass is 273 g/mol. The van der Waals surface area contributed by atoms with Crippen LogP contribution in [0.2, 0.25) is 10.0 Å². The summed E-state index contributed by atoms with van der Waals surface area (Å²) in [6, 6.07) is 5.18. The van der Waals surface area contributed by atoms with Crippen molar-refractivity contribution in [3.8, 4) is 5.75 Å². The average molecular weight is 274 g/mol. The molecule has 0 aliphatic heterocycles. The van der Waals surface area contributed by atoms with E-state index in [0.29, 0.717) is 17.1 Å². The maximum absolute atomic E-state index is 9.72. The zero-order valence-corrected chi connectivity index (χ0v) is 10.5. The summed E-state index contributed by atoms with van der Waals surface area (Å²) >= 11 is 13.3. The molecule has 0 saturated heterocycles. The van der Waals surface area contributed by atoms with Gasteiger partial charge in [0.2, 0.25) is 0 Å². The Morgan fingerprint density at radius 2 is 2.12 bits per heavy atom. The Hall–Kier alpha value is -0.900. The minimum atomic E-state index is 0.0776. The van der Waals surface area contributed by atoms with Crippen LogP contribution in [-0.4, -0.2) is 5.11 Å². The van der Waals surface area contributed by atoms with Crippen molar-refractivity contribution in [2.75, 3.05) is 5.32 Å². The third-order valence-electron chi connectivity index (χ3n) is 2.11. The molecule has 0 spiro atoms. The number of phenols is 1. The van der Waals surface area contributed by atoms with Gasteiger partial charge in [0.15, 0.2) is 0 Å². The van der Waals surface area contributed by atoms with Crippen LogP contribution < -0.4 is 5.32 Å². The number of anilines is 1. The second-order valence-corrected chi connectivity index (χ2v) is 4.88. The molecule has 2 rings (SSSR count). The van der Waals surface area contributed by atoms with E-state index in [4.69, 9.17) is 23.2 Å². The van der Waals surface area contributed by atoms with Crippen LogP contribution in [0.5, 0.6) is 5.75 Å². The third-order valence-corrected chi connectivity index (χ3v) is 3.30. The van der Waals surface area contributed by atoms with Crippen LogP contribution in [-0.2, 0) is 6.54 Å². The molecule has 0 saturated carbocycles. The number of aromatic hydroxyl groups is 1. The van der Waals surface area contributed by atoms with Gasteiger partial charge in [-0.15, -0.1) is 0 Å². The molecule has 1 heterocycles. The van der Waals surface area contributed by atoms with Gasteiger partial charge >= 0.3 is 0 Å². The lowest BCUT2D eigenvalue weighted by atomic mass is 10.2. The van der Waals surface area contributed by atoms with Crippen LogP contribution >= 0.6 is 34.5 Å². The number of thiophene rings is 1. The van der Waals surface area contributed by atoms with Crippen molar-refractivity contribution in [3.63, 3.8) is 0 Å². The van der Waals surface area contributed by atoms with E-state index in [1.165, 1.54) is 6.07 Å². The molecule has 0 amide bonds. The molecule has 16 heavy (non-hydrogen) atoms. The summed E-state index contributed by atoms with van der Waals surface area (Å²) in [6.07, 6.45) is 0. The molecular formula is C11H9Cl2NOS. The number of hydrogen-bond donors (Lipinski definition) is 2. The number of halogens is 2. The zero-order chi connectivity index (χ0) is 11.5. The highest BCUT2D eigenvalue weighted by Crippen LogP contribution is 2.31. The summed E-state index contributed by atoms with van der Waals surface area (Å²) in [4.78, 5) is 0. The second-order valence-electron chi connectivity index (χ2n) is 3.26. The Balaban J connectivity index is 2.15. The molecule has 0 atom stereocenters. The molecule has 2 nitrogen and oxygen atoms in total. The fourth-order valence-corrected chi connectivity index (χ4v) is 2.46. The Labute approximate surface area is 107 Å². The zero-order valence-electron chi connectivity index (χ0n) is 8.21. The van der Waals surface area contributed by atoms with Gasteiger partial charge < -0.3 is 10.4 Å². The topological polar surface area (TPSA) is 32.3 Å². The lowest BCUT2D eigenvalue weighted by Gasteiger charge is -2.08. The first kappa shape index (κ1) is 11.6. The highest BCUT2D eigenvalue weighted by Gasteiger charge is 2.07. The largest absolute Gasteiger partial charge is 0.506 e. The number of nitrogens with one attached hydrogen (secondary N) is 1. The molecule has 1 aromatic carbocycles. The van der Waals surface area contributed by atoms with E-state index in [1.54, 1.807) is 17.4 Å². The molecule has 0 radical (unpaired) electrons. The number of hydrogen-bond acceptors (Lipinski definition) is 3. The van der Waals surface area contributed by atoms with Gasteiger partial charge in [-0.2, -0.15) is 11.3 Å². The average Bonchev–Trinajstić information content (AvgIpc) is 2.74. The summed E-state index contributed by atoms with van der Waals surface area (Å²) in [6.45, 7) is 0.489. The van der Waals surface area contributed by atoms with Crippen LogP contribution in [0.4, 0.5) is 5.69 Å². The normalized spacial score (nSPS) is 10.4. The van der Waals surface area contributed by atoms with Gasteiger partial charge in [0.05, 0.1) is 5.02 Å². The summed E-state index contributed by atoms with van der Waals surface area (Å²) in [5.74, 6) is 0.0776. The first-order valence-corrected chi connectivity index (χ1v) is 6.29. The van der Waals surface area contributed by atoms with Crippen molar-refractivity contribution in [2.45, 2.75) is 6.54 Å². The predicted octanol–water partition coefficient (Wildman–Crippen LogP) is 4.37. The van der Waals surface area contributed by atoms with Gasteiger partial charge in [0.1, 0.15) is 5.75 Å². The van der Waals surface area contributed by atoms with Gasteiger partial charge in [-0.3, -0.25) is 0 Å². The quantitative estimate of drug-likeness (QED) is 0.870. The van der Waals surface area contributed by atoms with Crippen LogP contribution in [0.3, 0.4) is 0 Å². The van der Waals surface area contributed by atoms with E-state index in [0.717, 1.165) is 5.69 Å². The van der Waals surface area contributed by atoms with Gasteiger partial charge in [0, 0.05) is 28.2 Å².